The quantitative estimate of drug-likeness (QED) is 0.816. The lowest BCUT2D eigenvalue weighted by Gasteiger charge is -2.15. The lowest BCUT2D eigenvalue weighted by atomic mass is 10.1. The molecular weight excluding hydrogens is 230 g/mol. The zero-order chi connectivity index (χ0) is 12.4. The number of rotatable bonds is 3. The molecule has 0 aliphatic carbocycles. The van der Waals surface area contributed by atoms with Gasteiger partial charge in [0.25, 0.3) is 0 Å². The van der Waals surface area contributed by atoms with Crippen LogP contribution in [0, 0.1) is 13.8 Å². The second kappa shape index (κ2) is 4.75. The summed E-state index contributed by atoms with van der Waals surface area (Å²) in [5.41, 5.74) is 9.91. The van der Waals surface area contributed by atoms with E-state index in [4.69, 9.17) is 5.73 Å². The van der Waals surface area contributed by atoms with Crippen LogP contribution in [0.4, 0.5) is 11.4 Å². The molecule has 2 rings (SSSR count). The summed E-state index contributed by atoms with van der Waals surface area (Å²) >= 11 is 1.68. The van der Waals surface area contributed by atoms with Gasteiger partial charge in [0.2, 0.25) is 0 Å². The molecular formula is C13H17N3S. The van der Waals surface area contributed by atoms with Gasteiger partial charge in [-0.3, -0.25) is 0 Å². The summed E-state index contributed by atoms with van der Waals surface area (Å²) in [5.74, 6) is 0. The molecule has 4 heteroatoms. The van der Waals surface area contributed by atoms with Crippen LogP contribution in [-0.4, -0.2) is 4.98 Å². The molecule has 1 unspecified atom stereocenters. The molecule has 0 saturated carbocycles. The highest BCUT2D eigenvalue weighted by Gasteiger charge is 2.10. The number of thiazole rings is 1. The summed E-state index contributed by atoms with van der Waals surface area (Å²) in [5, 5.41) is 6.62. The molecule has 2 aromatic rings. The smallest absolute Gasteiger partial charge is 0.115 e. The van der Waals surface area contributed by atoms with Crippen molar-refractivity contribution >= 4 is 22.7 Å². The van der Waals surface area contributed by atoms with Crippen molar-refractivity contribution in [1.82, 2.24) is 4.98 Å². The topological polar surface area (TPSA) is 50.9 Å². The van der Waals surface area contributed by atoms with Crippen molar-refractivity contribution < 1.29 is 0 Å². The van der Waals surface area contributed by atoms with Crippen LogP contribution in [-0.2, 0) is 0 Å². The average Bonchev–Trinajstić information content (AvgIpc) is 2.70. The maximum absolute atomic E-state index is 5.79. The van der Waals surface area contributed by atoms with Gasteiger partial charge in [0, 0.05) is 22.4 Å². The molecule has 0 bridgehead atoms. The van der Waals surface area contributed by atoms with Gasteiger partial charge >= 0.3 is 0 Å². The fourth-order valence-electron chi connectivity index (χ4n) is 1.66. The first kappa shape index (κ1) is 11.9. The number of hydrogen-bond acceptors (Lipinski definition) is 4. The van der Waals surface area contributed by atoms with Crippen molar-refractivity contribution in [1.29, 1.82) is 0 Å². The second-order valence-electron chi connectivity index (χ2n) is 4.27. The van der Waals surface area contributed by atoms with Gasteiger partial charge in [-0.15, -0.1) is 11.3 Å². The number of benzene rings is 1. The Hall–Kier alpha value is -1.55. The monoisotopic (exact) mass is 247 g/mol. The van der Waals surface area contributed by atoms with E-state index >= 15 is 0 Å². The Morgan fingerprint density at radius 2 is 2.12 bits per heavy atom. The molecule has 0 aliphatic heterocycles. The third kappa shape index (κ3) is 2.77. The van der Waals surface area contributed by atoms with Crippen LogP contribution in [0.2, 0.25) is 0 Å². The van der Waals surface area contributed by atoms with Crippen molar-refractivity contribution in [3.63, 3.8) is 0 Å². The Balaban J connectivity index is 2.18. The van der Waals surface area contributed by atoms with E-state index in [-0.39, 0.29) is 6.04 Å². The van der Waals surface area contributed by atoms with E-state index in [9.17, 15) is 0 Å². The van der Waals surface area contributed by atoms with Gasteiger partial charge in [0.15, 0.2) is 0 Å². The third-order valence-corrected chi connectivity index (χ3v) is 3.79. The Morgan fingerprint density at radius 1 is 1.35 bits per heavy atom. The van der Waals surface area contributed by atoms with Gasteiger partial charge in [-0.25, -0.2) is 4.98 Å². The van der Waals surface area contributed by atoms with Gasteiger partial charge in [0.05, 0.1) is 6.04 Å². The Bertz CT molecular complexity index is 519. The van der Waals surface area contributed by atoms with E-state index in [1.165, 1.54) is 5.56 Å². The number of aromatic nitrogens is 1. The highest BCUT2D eigenvalue weighted by molar-refractivity contribution is 7.09. The summed E-state index contributed by atoms with van der Waals surface area (Å²) in [7, 11) is 0. The van der Waals surface area contributed by atoms with Gasteiger partial charge in [-0.05, 0) is 38.5 Å². The maximum atomic E-state index is 5.79. The number of aryl methyl sites for hydroxylation is 2. The van der Waals surface area contributed by atoms with Crippen molar-refractivity contribution in [2.24, 2.45) is 0 Å². The highest BCUT2D eigenvalue weighted by Crippen LogP contribution is 2.25. The summed E-state index contributed by atoms with van der Waals surface area (Å²) in [4.78, 5) is 4.48. The third-order valence-electron chi connectivity index (χ3n) is 2.64. The van der Waals surface area contributed by atoms with Gasteiger partial charge in [0.1, 0.15) is 5.01 Å². The molecule has 90 valence electrons. The van der Waals surface area contributed by atoms with E-state index in [0.29, 0.717) is 0 Å². The van der Waals surface area contributed by atoms with Crippen LogP contribution in [0.5, 0.6) is 0 Å². The summed E-state index contributed by atoms with van der Waals surface area (Å²) in [6.45, 7) is 6.20. The van der Waals surface area contributed by atoms with Crippen molar-refractivity contribution in [3.8, 4) is 0 Å². The van der Waals surface area contributed by atoms with Crippen LogP contribution in [0.25, 0.3) is 0 Å². The summed E-state index contributed by atoms with van der Waals surface area (Å²) in [6.07, 6.45) is 0. The highest BCUT2D eigenvalue weighted by atomic mass is 32.1. The Labute approximate surface area is 106 Å². The summed E-state index contributed by atoms with van der Waals surface area (Å²) < 4.78 is 0. The van der Waals surface area contributed by atoms with E-state index in [0.717, 1.165) is 22.1 Å². The van der Waals surface area contributed by atoms with Gasteiger partial charge < -0.3 is 11.1 Å². The fourth-order valence-corrected chi connectivity index (χ4v) is 2.46. The number of nitrogens with zero attached hydrogens (tertiary/aromatic N) is 1. The largest absolute Gasteiger partial charge is 0.399 e. The van der Waals surface area contributed by atoms with E-state index in [1.807, 2.05) is 25.1 Å². The molecule has 0 fully saturated rings. The molecule has 0 spiro atoms. The van der Waals surface area contributed by atoms with Crippen molar-refractivity contribution in [3.05, 3.63) is 39.8 Å². The maximum Gasteiger partial charge on any atom is 0.115 e. The molecule has 0 amide bonds. The van der Waals surface area contributed by atoms with Crippen LogP contribution in [0.1, 0.15) is 29.2 Å². The molecule has 1 heterocycles. The predicted octanol–water partition coefficient (Wildman–Crippen LogP) is 3.52. The predicted molar refractivity (Wildman–Crippen MR) is 74.5 cm³/mol. The molecule has 1 aromatic carbocycles. The van der Waals surface area contributed by atoms with Gasteiger partial charge in [-0.1, -0.05) is 6.07 Å². The Morgan fingerprint density at radius 3 is 2.76 bits per heavy atom. The SMILES string of the molecule is Cc1csc(C(C)Nc2cc(N)ccc2C)n1. The number of nitrogens with two attached hydrogens (primary N) is 1. The van der Waals surface area contributed by atoms with Crippen molar-refractivity contribution in [2.75, 3.05) is 11.1 Å². The second-order valence-corrected chi connectivity index (χ2v) is 5.16. The molecule has 1 atom stereocenters. The molecule has 0 saturated heterocycles. The number of hydrogen-bond donors (Lipinski definition) is 2. The van der Waals surface area contributed by atoms with Crippen LogP contribution >= 0.6 is 11.3 Å². The van der Waals surface area contributed by atoms with E-state index < -0.39 is 0 Å². The van der Waals surface area contributed by atoms with Gasteiger partial charge in [-0.2, -0.15) is 0 Å². The molecule has 0 aliphatic rings. The number of nitrogen functional groups attached to an aromatic ring is 1. The van der Waals surface area contributed by atoms with E-state index in [2.05, 4.69) is 29.5 Å². The number of anilines is 2. The van der Waals surface area contributed by atoms with Crippen molar-refractivity contribution in [2.45, 2.75) is 26.8 Å². The average molecular weight is 247 g/mol. The normalized spacial score (nSPS) is 12.4. The minimum atomic E-state index is 0.203. The fraction of sp³-hybridized carbons (Fsp3) is 0.308. The molecule has 3 nitrogen and oxygen atoms in total. The van der Waals surface area contributed by atoms with E-state index in [1.54, 1.807) is 11.3 Å². The Kier molecular flexibility index (Phi) is 3.33. The van der Waals surface area contributed by atoms with Crippen LogP contribution < -0.4 is 11.1 Å². The first-order valence-corrected chi connectivity index (χ1v) is 6.49. The number of nitrogens with one attached hydrogen (secondary N) is 1. The lowest BCUT2D eigenvalue weighted by molar-refractivity contribution is 0.862. The standard InChI is InChI=1S/C13H17N3S/c1-8-4-5-11(14)6-12(8)16-10(3)13-15-9(2)7-17-13/h4-7,10,16H,14H2,1-3H3. The summed E-state index contributed by atoms with van der Waals surface area (Å²) in [6, 6.07) is 6.11. The molecule has 0 radical (unpaired) electrons. The van der Waals surface area contributed by atoms with Crippen LogP contribution in [0.3, 0.4) is 0 Å². The molecule has 1 aromatic heterocycles. The first-order valence-electron chi connectivity index (χ1n) is 5.61. The first-order chi connectivity index (χ1) is 8.06. The minimum absolute atomic E-state index is 0.203. The minimum Gasteiger partial charge on any atom is -0.399 e. The lowest BCUT2D eigenvalue weighted by Crippen LogP contribution is -2.07. The molecule has 3 N–H and O–H groups in total. The molecule has 17 heavy (non-hydrogen) atoms. The zero-order valence-electron chi connectivity index (χ0n) is 10.3. The van der Waals surface area contributed by atoms with Crippen LogP contribution in [0.15, 0.2) is 23.6 Å². The zero-order valence-corrected chi connectivity index (χ0v) is 11.1.